The standard InChI is InChI=1S/C12H20N4O2S/c1-16(2)19(17,18)11-5-6-12(15-9-11)14-8-7-13-10-3-4-10/h5-6,9-10,13H,3-4,7-8H2,1-2H3,(H,14,15). The normalized spacial score (nSPS) is 15.7. The molecular weight excluding hydrogens is 264 g/mol. The smallest absolute Gasteiger partial charge is 0.244 e. The molecule has 0 amide bonds. The summed E-state index contributed by atoms with van der Waals surface area (Å²) >= 11 is 0. The van der Waals surface area contributed by atoms with E-state index >= 15 is 0 Å². The van der Waals surface area contributed by atoms with Crippen LogP contribution in [-0.4, -0.2) is 50.9 Å². The Labute approximate surface area is 114 Å². The molecule has 1 aliphatic carbocycles. The summed E-state index contributed by atoms with van der Waals surface area (Å²) < 4.78 is 24.9. The van der Waals surface area contributed by atoms with Crippen molar-refractivity contribution in [2.45, 2.75) is 23.8 Å². The number of sulfonamides is 1. The highest BCUT2D eigenvalue weighted by atomic mass is 32.2. The van der Waals surface area contributed by atoms with E-state index in [-0.39, 0.29) is 4.90 Å². The molecule has 6 nitrogen and oxygen atoms in total. The summed E-state index contributed by atoms with van der Waals surface area (Å²) in [5.41, 5.74) is 0. The first-order chi connectivity index (χ1) is 9.00. The minimum atomic E-state index is -3.39. The first-order valence-corrected chi connectivity index (χ1v) is 7.80. The third-order valence-electron chi connectivity index (χ3n) is 2.96. The number of pyridine rings is 1. The average Bonchev–Trinajstić information content (AvgIpc) is 3.19. The van der Waals surface area contributed by atoms with E-state index in [2.05, 4.69) is 15.6 Å². The second kappa shape index (κ2) is 5.85. The van der Waals surface area contributed by atoms with Gasteiger partial charge in [-0.2, -0.15) is 0 Å². The van der Waals surface area contributed by atoms with Crippen LogP contribution in [0, 0.1) is 0 Å². The van der Waals surface area contributed by atoms with Crippen molar-refractivity contribution < 1.29 is 8.42 Å². The lowest BCUT2D eigenvalue weighted by atomic mass is 10.4. The van der Waals surface area contributed by atoms with Crippen LogP contribution >= 0.6 is 0 Å². The van der Waals surface area contributed by atoms with Gasteiger partial charge in [0.15, 0.2) is 0 Å². The van der Waals surface area contributed by atoms with Gasteiger partial charge in [-0.1, -0.05) is 0 Å². The Morgan fingerprint density at radius 1 is 1.32 bits per heavy atom. The van der Waals surface area contributed by atoms with E-state index in [9.17, 15) is 8.42 Å². The van der Waals surface area contributed by atoms with E-state index in [1.54, 1.807) is 12.1 Å². The summed E-state index contributed by atoms with van der Waals surface area (Å²) in [7, 11) is -0.381. The Hall–Kier alpha value is -1.18. The van der Waals surface area contributed by atoms with Crippen LogP contribution in [0.5, 0.6) is 0 Å². The van der Waals surface area contributed by atoms with E-state index in [1.807, 2.05) is 0 Å². The number of hydrogen-bond donors (Lipinski definition) is 2. The summed E-state index contributed by atoms with van der Waals surface area (Å²) in [4.78, 5) is 4.32. The maximum absolute atomic E-state index is 11.8. The number of aromatic nitrogens is 1. The van der Waals surface area contributed by atoms with Crippen LogP contribution in [0.15, 0.2) is 23.2 Å². The SMILES string of the molecule is CN(C)S(=O)(=O)c1ccc(NCCNC2CC2)nc1. The molecule has 0 bridgehead atoms. The zero-order valence-corrected chi connectivity index (χ0v) is 12.1. The molecule has 7 heteroatoms. The first kappa shape index (κ1) is 14.2. The number of hydrogen-bond acceptors (Lipinski definition) is 5. The molecule has 1 aromatic heterocycles. The molecule has 1 aromatic rings. The maximum Gasteiger partial charge on any atom is 0.244 e. The van der Waals surface area contributed by atoms with Crippen molar-refractivity contribution in [3.05, 3.63) is 18.3 Å². The van der Waals surface area contributed by atoms with Crippen LogP contribution in [-0.2, 0) is 10.0 Å². The van der Waals surface area contributed by atoms with Gasteiger partial charge in [0.25, 0.3) is 0 Å². The molecule has 1 aliphatic rings. The van der Waals surface area contributed by atoms with Crippen LogP contribution in [0.1, 0.15) is 12.8 Å². The zero-order valence-electron chi connectivity index (χ0n) is 11.3. The zero-order chi connectivity index (χ0) is 13.9. The highest BCUT2D eigenvalue weighted by Gasteiger charge is 2.19. The Kier molecular flexibility index (Phi) is 4.38. The Balaban J connectivity index is 1.87. The predicted molar refractivity (Wildman–Crippen MR) is 74.6 cm³/mol. The predicted octanol–water partition coefficient (Wildman–Crippen LogP) is 0.496. The van der Waals surface area contributed by atoms with Gasteiger partial charge in [0.1, 0.15) is 10.7 Å². The molecule has 0 radical (unpaired) electrons. The Morgan fingerprint density at radius 2 is 2.05 bits per heavy atom. The fourth-order valence-electron chi connectivity index (χ4n) is 1.60. The molecule has 0 aliphatic heterocycles. The molecule has 0 atom stereocenters. The summed E-state index contributed by atoms with van der Waals surface area (Å²) in [6.45, 7) is 1.67. The lowest BCUT2D eigenvalue weighted by Gasteiger charge is -2.11. The van der Waals surface area contributed by atoms with E-state index in [0.717, 1.165) is 13.1 Å². The van der Waals surface area contributed by atoms with Gasteiger partial charge < -0.3 is 10.6 Å². The molecular formula is C12H20N4O2S. The molecule has 0 saturated heterocycles. The van der Waals surface area contributed by atoms with Crippen LogP contribution in [0.4, 0.5) is 5.82 Å². The minimum absolute atomic E-state index is 0.208. The van der Waals surface area contributed by atoms with Gasteiger partial charge in [0.2, 0.25) is 10.0 Å². The fourth-order valence-corrected chi connectivity index (χ4v) is 2.45. The molecule has 0 spiro atoms. The largest absolute Gasteiger partial charge is 0.369 e. The second-order valence-electron chi connectivity index (χ2n) is 4.82. The highest BCUT2D eigenvalue weighted by Crippen LogP contribution is 2.18. The Morgan fingerprint density at radius 3 is 2.58 bits per heavy atom. The van der Waals surface area contributed by atoms with Crippen molar-refractivity contribution in [3.63, 3.8) is 0 Å². The molecule has 1 fully saturated rings. The van der Waals surface area contributed by atoms with Gasteiger partial charge in [-0.05, 0) is 25.0 Å². The molecule has 1 saturated carbocycles. The van der Waals surface area contributed by atoms with Gasteiger partial charge in [-0.15, -0.1) is 0 Å². The molecule has 0 unspecified atom stereocenters. The van der Waals surface area contributed by atoms with Crippen molar-refractivity contribution in [1.29, 1.82) is 0 Å². The molecule has 19 heavy (non-hydrogen) atoms. The van der Waals surface area contributed by atoms with E-state index in [1.165, 1.54) is 37.4 Å². The molecule has 2 rings (SSSR count). The Bertz CT molecular complexity index is 509. The number of nitrogens with one attached hydrogen (secondary N) is 2. The minimum Gasteiger partial charge on any atom is -0.369 e. The quantitative estimate of drug-likeness (QED) is 0.713. The van der Waals surface area contributed by atoms with Crippen molar-refractivity contribution in [2.75, 3.05) is 32.5 Å². The molecule has 0 aromatic carbocycles. The molecule has 2 N–H and O–H groups in total. The van der Waals surface area contributed by atoms with Crippen LogP contribution in [0.2, 0.25) is 0 Å². The molecule has 106 valence electrons. The first-order valence-electron chi connectivity index (χ1n) is 6.36. The van der Waals surface area contributed by atoms with Crippen LogP contribution in [0.3, 0.4) is 0 Å². The van der Waals surface area contributed by atoms with Gasteiger partial charge in [-0.25, -0.2) is 17.7 Å². The monoisotopic (exact) mass is 284 g/mol. The van der Waals surface area contributed by atoms with E-state index in [0.29, 0.717) is 11.9 Å². The third kappa shape index (κ3) is 3.89. The van der Waals surface area contributed by atoms with E-state index < -0.39 is 10.0 Å². The topological polar surface area (TPSA) is 74.3 Å². The summed E-state index contributed by atoms with van der Waals surface area (Å²) in [5, 5.41) is 6.54. The fraction of sp³-hybridized carbons (Fsp3) is 0.583. The average molecular weight is 284 g/mol. The number of anilines is 1. The summed E-state index contributed by atoms with van der Waals surface area (Å²) in [5.74, 6) is 0.690. The molecule has 1 heterocycles. The summed E-state index contributed by atoms with van der Waals surface area (Å²) in [6.07, 6.45) is 3.93. The third-order valence-corrected chi connectivity index (χ3v) is 4.76. The highest BCUT2D eigenvalue weighted by molar-refractivity contribution is 7.89. The lowest BCUT2D eigenvalue weighted by Crippen LogP contribution is -2.24. The second-order valence-corrected chi connectivity index (χ2v) is 6.97. The lowest BCUT2D eigenvalue weighted by molar-refractivity contribution is 0.520. The van der Waals surface area contributed by atoms with Gasteiger partial charge in [0.05, 0.1) is 0 Å². The number of nitrogens with zero attached hydrogens (tertiary/aromatic N) is 2. The van der Waals surface area contributed by atoms with Gasteiger partial charge in [0, 0.05) is 39.4 Å². The van der Waals surface area contributed by atoms with Crippen molar-refractivity contribution in [2.24, 2.45) is 0 Å². The van der Waals surface area contributed by atoms with E-state index in [4.69, 9.17) is 0 Å². The van der Waals surface area contributed by atoms with Crippen LogP contribution < -0.4 is 10.6 Å². The van der Waals surface area contributed by atoms with Crippen molar-refractivity contribution in [3.8, 4) is 0 Å². The maximum atomic E-state index is 11.8. The number of rotatable bonds is 7. The summed E-state index contributed by atoms with van der Waals surface area (Å²) in [6, 6.07) is 3.95. The van der Waals surface area contributed by atoms with Gasteiger partial charge in [-0.3, -0.25) is 0 Å². The van der Waals surface area contributed by atoms with Crippen molar-refractivity contribution in [1.82, 2.24) is 14.6 Å². The van der Waals surface area contributed by atoms with Crippen LogP contribution in [0.25, 0.3) is 0 Å². The van der Waals surface area contributed by atoms with Crippen molar-refractivity contribution >= 4 is 15.8 Å². The van der Waals surface area contributed by atoms with Gasteiger partial charge >= 0.3 is 0 Å².